The number of thiazole rings is 1. The monoisotopic (exact) mass is 214 g/mol. The number of rotatable bonds is 2. The number of halogens is 1. The lowest BCUT2D eigenvalue weighted by atomic mass is 10.4. The van der Waals surface area contributed by atoms with Crippen LogP contribution in [-0.4, -0.2) is 9.97 Å². The maximum absolute atomic E-state index is 5.60. The average Bonchev–Trinajstić information content (AvgIpc) is 2.71. The molecule has 0 saturated carbocycles. The molecule has 0 fully saturated rings. The largest absolute Gasteiger partial charge is 0.439 e. The highest BCUT2D eigenvalue weighted by Crippen LogP contribution is 2.26. The van der Waals surface area contributed by atoms with Crippen molar-refractivity contribution in [1.29, 1.82) is 0 Å². The molecule has 13 heavy (non-hydrogen) atoms. The summed E-state index contributed by atoms with van der Waals surface area (Å²) in [4.78, 5) is 9.19. The Labute approximate surface area is 84.4 Å². The van der Waals surface area contributed by atoms with Crippen molar-refractivity contribution in [2.45, 2.75) is 12.8 Å². The first-order chi connectivity index (χ1) is 6.31. The van der Waals surface area contributed by atoms with Crippen molar-refractivity contribution in [3.8, 4) is 10.8 Å². The standard InChI is InChI=1S/C8H7ClN2OS/c1-5-7(13-4-11-5)8-10-3-6(2-9)12-8/h3-4H,2H2,1H3. The van der Waals surface area contributed by atoms with Gasteiger partial charge in [0.05, 0.1) is 23.3 Å². The van der Waals surface area contributed by atoms with E-state index >= 15 is 0 Å². The summed E-state index contributed by atoms with van der Waals surface area (Å²) >= 11 is 7.11. The minimum Gasteiger partial charge on any atom is -0.439 e. The Bertz CT molecular complexity index is 410. The molecule has 0 spiro atoms. The van der Waals surface area contributed by atoms with Gasteiger partial charge >= 0.3 is 0 Å². The Morgan fingerprint density at radius 2 is 2.38 bits per heavy atom. The van der Waals surface area contributed by atoms with Gasteiger partial charge in [-0.1, -0.05) is 0 Å². The first-order valence-corrected chi connectivity index (χ1v) is 5.14. The molecular weight excluding hydrogens is 208 g/mol. The van der Waals surface area contributed by atoms with Crippen LogP contribution in [0.1, 0.15) is 11.5 Å². The highest BCUT2D eigenvalue weighted by atomic mass is 35.5. The molecule has 2 aromatic heterocycles. The highest BCUT2D eigenvalue weighted by Gasteiger charge is 2.10. The fraction of sp³-hybridized carbons (Fsp3) is 0.250. The summed E-state index contributed by atoms with van der Waals surface area (Å²) in [7, 11) is 0. The molecule has 0 amide bonds. The molecule has 0 aliphatic rings. The lowest BCUT2D eigenvalue weighted by Gasteiger charge is -1.89. The third-order valence-corrected chi connectivity index (χ3v) is 2.80. The van der Waals surface area contributed by atoms with Gasteiger partial charge in [0.15, 0.2) is 0 Å². The third-order valence-electron chi connectivity index (χ3n) is 1.63. The molecule has 0 aliphatic carbocycles. The van der Waals surface area contributed by atoms with Gasteiger partial charge in [-0.3, -0.25) is 0 Å². The summed E-state index contributed by atoms with van der Waals surface area (Å²) in [6.07, 6.45) is 1.64. The van der Waals surface area contributed by atoms with Gasteiger partial charge < -0.3 is 4.42 Å². The summed E-state index contributed by atoms with van der Waals surface area (Å²) in [5.41, 5.74) is 2.71. The van der Waals surface area contributed by atoms with Gasteiger partial charge in [0, 0.05) is 0 Å². The molecule has 0 aliphatic heterocycles. The van der Waals surface area contributed by atoms with Crippen LogP contribution >= 0.6 is 22.9 Å². The van der Waals surface area contributed by atoms with Crippen molar-refractivity contribution in [2.75, 3.05) is 0 Å². The van der Waals surface area contributed by atoms with Gasteiger partial charge in [-0.25, -0.2) is 9.97 Å². The molecule has 68 valence electrons. The Morgan fingerprint density at radius 1 is 1.54 bits per heavy atom. The number of oxazole rings is 1. The van der Waals surface area contributed by atoms with Crippen LogP contribution < -0.4 is 0 Å². The second-order valence-electron chi connectivity index (χ2n) is 2.53. The maximum Gasteiger partial charge on any atom is 0.238 e. The summed E-state index contributed by atoms with van der Waals surface area (Å²) in [5, 5.41) is 0. The van der Waals surface area contributed by atoms with Crippen molar-refractivity contribution >= 4 is 22.9 Å². The van der Waals surface area contributed by atoms with Crippen molar-refractivity contribution in [3.63, 3.8) is 0 Å². The van der Waals surface area contributed by atoms with Gasteiger partial charge in [-0.2, -0.15) is 0 Å². The zero-order chi connectivity index (χ0) is 9.26. The van der Waals surface area contributed by atoms with Gasteiger partial charge in [-0.15, -0.1) is 22.9 Å². The molecular formula is C8H7ClN2OS. The van der Waals surface area contributed by atoms with Crippen molar-refractivity contribution in [3.05, 3.63) is 23.2 Å². The van der Waals surface area contributed by atoms with E-state index < -0.39 is 0 Å². The second-order valence-corrected chi connectivity index (χ2v) is 3.65. The van der Waals surface area contributed by atoms with E-state index in [0.717, 1.165) is 10.6 Å². The van der Waals surface area contributed by atoms with Gasteiger partial charge in [0.1, 0.15) is 10.6 Å². The lowest BCUT2D eigenvalue weighted by Crippen LogP contribution is -1.75. The molecule has 0 N–H and O–H groups in total. The molecule has 0 aromatic carbocycles. The predicted octanol–water partition coefficient (Wildman–Crippen LogP) is 2.85. The molecule has 2 heterocycles. The van der Waals surface area contributed by atoms with Crippen LogP contribution in [0, 0.1) is 6.92 Å². The summed E-state index contributed by atoms with van der Waals surface area (Å²) in [5.74, 6) is 1.64. The van der Waals surface area contributed by atoms with Crippen LogP contribution in [0.25, 0.3) is 10.8 Å². The Morgan fingerprint density at radius 3 is 2.92 bits per heavy atom. The minimum absolute atomic E-state index is 0.352. The number of alkyl halides is 1. The van der Waals surface area contributed by atoms with Gasteiger partial charge in [0.2, 0.25) is 5.89 Å². The number of hydrogen-bond donors (Lipinski definition) is 0. The topological polar surface area (TPSA) is 38.9 Å². The summed E-state index contributed by atoms with van der Waals surface area (Å²) < 4.78 is 5.39. The second kappa shape index (κ2) is 3.47. The van der Waals surface area contributed by atoms with Crippen LogP contribution in [0.2, 0.25) is 0 Å². The van der Waals surface area contributed by atoms with E-state index in [4.69, 9.17) is 16.0 Å². The van der Waals surface area contributed by atoms with Crippen LogP contribution in [0.4, 0.5) is 0 Å². The van der Waals surface area contributed by atoms with Crippen molar-refractivity contribution in [1.82, 2.24) is 9.97 Å². The molecule has 0 bridgehead atoms. The first-order valence-electron chi connectivity index (χ1n) is 3.72. The Balaban J connectivity index is 2.41. The van der Waals surface area contributed by atoms with Crippen LogP contribution in [0.5, 0.6) is 0 Å². The first kappa shape index (κ1) is 8.72. The highest BCUT2D eigenvalue weighted by molar-refractivity contribution is 7.13. The smallest absolute Gasteiger partial charge is 0.238 e. The minimum atomic E-state index is 0.352. The summed E-state index contributed by atoms with van der Waals surface area (Å²) in [6, 6.07) is 0. The van der Waals surface area contributed by atoms with E-state index in [-0.39, 0.29) is 0 Å². The summed E-state index contributed by atoms with van der Waals surface area (Å²) in [6.45, 7) is 1.93. The van der Waals surface area contributed by atoms with Crippen LogP contribution in [-0.2, 0) is 5.88 Å². The Hall–Kier alpha value is -0.870. The van der Waals surface area contributed by atoms with E-state index in [1.165, 1.54) is 11.3 Å². The van der Waals surface area contributed by atoms with Gasteiger partial charge in [0.25, 0.3) is 0 Å². The maximum atomic E-state index is 5.60. The van der Waals surface area contributed by atoms with E-state index in [1.54, 1.807) is 11.7 Å². The lowest BCUT2D eigenvalue weighted by molar-refractivity contribution is 0.538. The van der Waals surface area contributed by atoms with E-state index in [9.17, 15) is 0 Å². The predicted molar refractivity (Wildman–Crippen MR) is 51.9 cm³/mol. The number of hydrogen-bond acceptors (Lipinski definition) is 4. The fourth-order valence-electron chi connectivity index (χ4n) is 0.981. The van der Waals surface area contributed by atoms with Crippen molar-refractivity contribution < 1.29 is 4.42 Å². The van der Waals surface area contributed by atoms with Gasteiger partial charge in [-0.05, 0) is 6.92 Å². The molecule has 0 radical (unpaired) electrons. The normalized spacial score (nSPS) is 10.6. The SMILES string of the molecule is Cc1ncsc1-c1ncc(CCl)o1. The molecule has 3 nitrogen and oxygen atoms in total. The molecule has 0 saturated heterocycles. The fourth-order valence-corrected chi connectivity index (χ4v) is 1.84. The quantitative estimate of drug-likeness (QED) is 0.722. The number of nitrogens with zero attached hydrogens (tertiary/aromatic N) is 2. The van der Waals surface area contributed by atoms with Crippen molar-refractivity contribution in [2.24, 2.45) is 0 Å². The van der Waals surface area contributed by atoms with Crippen LogP contribution in [0.15, 0.2) is 16.1 Å². The molecule has 0 atom stereocenters. The van der Waals surface area contributed by atoms with E-state index in [0.29, 0.717) is 17.5 Å². The van der Waals surface area contributed by atoms with E-state index in [1.807, 2.05) is 6.92 Å². The number of aryl methyl sites for hydroxylation is 1. The molecule has 2 aromatic rings. The molecule has 0 unspecified atom stereocenters. The average molecular weight is 215 g/mol. The van der Waals surface area contributed by atoms with Crippen LogP contribution in [0.3, 0.4) is 0 Å². The third kappa shape index (κ3) is 1.59. The molecule has 5 heteroatoms. The zero-order valence-corrected chi connectivity index (χ0v) is 8.52. The zero-order valence-electron chi connectivity index (χ0n) is 6.95. The van der Waals surface area contributed by atoms with E-state index in [2.05, 4.69) is 9.97 Å². The molecule has 2 rings (SSSR count). The Kier molecular flexibility index (Phi) is 2.33. The number of aromatic nitrogens is 2.